The Bertz CT molecular complexity index is 753. The lowest BCUT2D eigenvalue weighted by molar-refractivity contribution is 0.303. The van der Waals surface area contributed by atoms with E-state index in [1.54, 1.807) is 11.3 Å². The van der Waals surface area contributed by atoms with Crippen LogP contribution in [0.1, 0.15) is 22.3 Å². The van der Waals surface area contributed by atoms with Crippen LogP contribution in [0, 0.1) is 13.8 Å². The van der Waals surface area contributed by atoms with Crippen LogP contribution in [0.3, 0.4) is 0 Å². The fourth-order valence-corrected chi connectivity index (χ4v) is 3.91. The predicted octanol–water partition coefficient (Wildman–Crippen LogP) is 5.99. The van der Waals surface area contributed by atoms with E-state index < -0.39 is 0 Å². The molecule has 0 amide bonds. The van der Waals surface area contributed by atoms with Gasteiger partial charge in [-0.1, -0.05) is 46.3 Å². The summed E-state index contributed by atoms with van der Waals surface area (Å²) in [6.07, 6.45) is 0. The number of hydrogen-bond donors (Lipinski definition) is 0. The third kappa shape index (κ3) is 2.99. The van der Waals surface area contributed by atoms with Crippen LogP contribution in [0.4, 0.5) is 0 Å². The molecule has 21 heavy (non-hydrogen) atoms. The molecule has 0 saturated carbocycles. The van der Waals surface area contributed by atoms with Gasteiger partial charge < -0.3 is 4.74 Å². The molecule has 0 spiro atoms. The molecule has 0 radical (unpaired) electrons. The van der Waals surface area contributed by atoms with Crippen molar-refractivity contribution >= 4 is 37.4 Å². The number of aryl methyl sites for hydroxylation is 2. The zero-order valence-electron chi connectivity index (χ0n) is 12.2. The smallest absolute Gasteiger partial charge is 0.125 e. The van der Waals surface area contributed by atoms with E-state index in [0.29, 0.717) is 6.61 Å². The number of fused-ring (bicyclic) bond motifs is 1. The highest BCUT2D eigenvalue weighted by Gasteiger charge is 2.09. The zero-order chi connectivity index (χ0) is 14.8. The first-order chi connectivity index (χ1) is 10.2. The van der Waals surface area contributed by atoms with E-state index in [9.17, 15) is 0 Å². The van der Waals surface area contributed by atoms with E-state index in [1.165, 1.54) is 32.3 Å². The molecule has 3 heteroatoms. The van der Waals surface area contributed by atoms with Gasteiger partial charge >= 0.3 is 0 Å². The summed E-state index contributed by atoms with van der Waals surface area (Å²) in [5.41, 5.74) is 4.95. The maximum Gasteiger partial charge on any atom is 0.125 e. The molecule has 0 unspecified atom stereocenters. The average Bonchev–Trinajstić information content (AvgIpc) is 2.89. The summed E-state index contributed by atoms with van der Waals surface area (Å²) in [6.45, 7) is 4.85. The minimum atomic E-state index is 0.624. The van der Waals surface area contributed by atoms with Gasteiger partial charge in [-0.25, -0.2) is 0 Å². The van der Waals surface area contributed by atoms with Crippen molar-refractivity contribution in [2.45, 2.75) is 25.8 Å². The van der Waals surface area contributed by atoms with Gasteiger partial charge in [0.15, 0.2) is 0 Å². The summed E-state index contributed by atoms with van der Waals surface area (Å²) in [5, 5.41) is 4.38. The fourth-order valence-electron chi connectivity index (χ4n) is 2.64. The topological polar surface area (TPSA) is 9.23 Å². The van der Waals surface area contributed by atoms with Crippen LogP contribution in [0.2, 0.25) is 0 Å². The van der Waals surface area contributed by atoms with E-state index >= 15 is 0 Å². The quantitative estimate of drug-likeness (QED) is 0.519. The largest absolute Gasteiger partial charge is 0.488 e. The van der Waals surface area contributed by atoms with Crippen LogP contribution in [-0.4, -0.2) is 0 Å². The Morgan fingerprint density at radius 2 is 1.81 bits per heavy atom. The second-order valence-electron chi connectivity index (χ2n) is 5.24. The number of alkyl halides is 1. The summed E-state index contributed by atoms with van der Waals surface area (Å²) in [7, 11) is 0. The van der Waals surface area contributed by atoms with Gasteiger partial charge in [-0.2, -0.15) is 0 Å². The van der Waals surface area contributed by atoms with Gasteiger partial charge in [0.25, 0.3) is 0 Å². The molecule has 1 nitrogen and oxygen atoms in total. The van der Waals surface area contributed by atoms with Crippen molar-refractivity contribution < 1.29 is 4.74 Å². The highest BCUT2D eigenvalue weighted by Crippen LogP contribution is 2.30. The maximum absolute atomic E-state index is 6.11. The number of benzene rings is 2. The molecule has 3 rings (SSSR count). The van der Waals surface area contributed by atoms with E-state index in [4.69, 9.17) is 4.74 Å². The Labute approximate surface area is 137 Å². The summed E-state index contributed by atoms with van der Waals surface area (Å²) in [5.74, 6) is 1.01. The number of thiophene rings is 1. The van der Waals surface area contributed by atoms with Crippen molar-refractivity contribution in [3.05, 3.63) is 64.0 Å². The predicted molar refractivity (Wildman–Crippen MR) is 94.7 cm³/mol. The van der Waals surface area contributed by atoms with Crippen LogP contribution < -0.4 is 4.74 Å². The number of halogens is 1. The third-order valence-corrected chi connectivity index (χ3v) is 5.27. The molecule has 2 aromatic carbocycles. The van der Waals surface area contributed by atoms with Gasteiger partial charge in [0.05, 0.1) is 0 Å². The lowest BCUT2D eigenvalue weighted by Gasteiger charge is -2.13. The highest BCUT2D eigenvalue weighted by molar-refractivity contribution is 9.08. The Hall–Kier alpha value is -1.32. The highest BCUT2D eigenvalue weighted by atomic mass is 79.9. The third-order valence-electron chi connectivity index (χ3n) is 3.61. The van der Waals surface area contributed by atoms with Crippen molar-refractivity contribution in [3.63, 3.8) is 0 Å². The second-order valence-corrected chi connectivity index (χ2v) is 6.71. The first-order valence-corrected chi connectivity index (χ1v) is 8.93. The molecular formula is C18H17BrOS. The second kappa shape index (κ2) is 6.20. The van der Waals surface area contributed by atoms with Crippen molar-refractivity contribution in [1.82, 2.24) is 0 Å². The molecule has 3 aromatic rings. The van der Waals surface area contributed by atoms with Gasteiger partial charge in [-0.3, -0.25) is 0 Å². The lowest BCUT2D eigenvalue weighted by atomic mass is 10.1. The SMILES string of the molecule is Cc1cc(CBr)cc(C)c1OCc1csc2ccccc12. The molecule has 108 valence electrons. The average molecular weight is 361 g/mol. The fraction of sp³-hybridized carbons (Fsp3) is 0.222. The number of rotatable bonds is 4. The first kappa shape index (κ1) is 14.6. The molecule has 0 aliphatic carbocycles. The van der Waals surface area contributed by atoms with Crippen LogP contribution in [-0.2, 0) is 11.9 Å². The Kier molecular flexibility index (Phi) is 4.32. The molecule has 0 fully saturated rings. The summed E-state index contributed by atoms with van der Waals surface area (Å²) in [6, 6.07) is 12.9. The Morgan fingerprint density at radius 3 is 2.52 bits per heavy atom. The van der Waals surface area contributed by atoms with E-state index in [1.807, 2.05) is 0 Å². The van der Waals surface area contributed by atoms with Gasteiger partial charge in [0.2, 0.25) is 0 Å². The van der Waals surface area contributed by atoms with Gasteiger partial charge in [0, 0.05) is 15.6 Å². The Balaban J connectivity index is 1.85. The minimum absolute atomic E-state index is 0.624. The van der Waals surface area contributed by atoms with Crippen molar-refractivity contribution in [3.8, 4) is 5.75 Å². The zero-order valence-corrected chi connectivity index (χ0v) is 14.6. The van der Waals surface area contributed by atoms with Gasteiger partial charge in [0.1, 0.15) is 12.4 Å². The van der Waals surface area contributed by atoms with Crippen LogP contribution >= 0.6 is 27.3 Å². The van der Waals surface area contributed by atoms with Gasteiger partial charge in [-0.05, 0) is 47.4 Å². The monoisotopic (exact) mass is 360 g/mol. The molecule has 0 saturated heterocycles. The standard InChI is InChI=1S/C18H17BrOS/c1-12-7-14(9-19)8-13(2)18(12)20-10-15-11-21-17-6-4-3-5-16(15)17/h3-8,11H,9-10H2,1-2H3. The normalized spacial score (nSPS) is 11.0. The molecule has 0 N–H and O–H groups in total. The van der Waals surface area contributed by atoms with Crippen LogP contribution in [0.15, 0.2) is 41.8 Å². The van der Waals surface area contributed by atoms with Crippen molar-refractivity contribution in [1.29, 1.82) is 0 Å². The van der Waals surface area contributed by atoms with Crippen molar-refractivity contribution in [2.24, 2.45) is 0 Å². The maximum atomic E-state index is 6.11. The lowest BCUT2D eigenvalue weighted by Crippen LogP contribution is -1.99. The van der Waals surface area contributed by atoms with E-state index in [2.05, 4.69) is 71.6 Å². The van der Waals surface area contributed by atoms with Crippen molar-refractivity contribution in [2.75, 3.05) is 0 Å². The first-order valence-electron chi connectivity index (χ1n) is 6.93. The summed E-state index contributed by atoms with van der Waals surface area (Å²) >= 11 is 5.29. The minimum Gasteiger partial charge on any atom is -0.488 e. The van der Waals surface area contributed by atoms with E-state index in [-0.39, 0.29) is 0 Å². The molecule has 0 aliphatic rings. The molecular weight excluding hydrogens is 344 g/mol. The molecule has 0 atom stereocenters. The van der Waals surface area contributed by atoms with Crippen LogP contribution in [0.5, 0.6) is 5.75 Å². The number of ether oxygens (including phenoxy) is 1. The molecule has 0 aliphatic heterocycles. The van der Waals surface area contributed by atoms with Crippen LogP contribution in [0.25, 0.3) is 10.1 Å². The molecule has 0 bridgehead atoms. The van der Waals surface area contributed by atoms with E-state index in [0.717, 1.165) is 11.1 Å². The van der Waals surface area contributed by atoms with Gasteiger partial charge in [-0.15, -0.1) is 11.3 Å². The summed E-state index contributed by atoms with van der Waals surface area (Å²) in [4.78, 5) is 0. The molecule has 1 heterocycles. The number of hydrogen-bond acceptors (Lipinski definition) is 2. The Morgan fingerprint density at radius 1 is 1.10 bits per heavy atom. The molecule has 1 aromatic heterocycles. The summed E-state index contributed by atoms with van der Waals surface area (Å²) < 4.78 is 7.43.